The fourth-order valence-corrected chi connectivity index (χ4v) is 3.09. The monoisotopic (exact) mass is 444 g/mol. The van der Waals surface area contributed by atoms with E-state index in [-0.39, 0.29) is 30.8 Å². The second-order valence-corrected chi connectivity index (χ2v) is 7.73. The van der Waals surface area contributed by atoms with Crippen LogP contribution in [0.1, 0.15) is 45.6 Å². The van der Waals surface area contributed by atoms with Crippen molar-refractivity contribution in [3.8, 4) is 11.5 Å². The lowest BCUT2D eigenvalue weighted by Gasteiger charge is -2.30. The van der Waals surface area contributed by atoms with Gasteiger partial charge in [0, 0.05) is 24.6 Å². The lowest BCUT2D eigenvalue weighted by Crippen LogP contribution is -2.49. The van der Waals surface area contributed by atoms with Crippen LogP contribution in [-0.4, -0.2) is 42.5 Å². The van der Waals surface area contributed by atoms with E-state index in [1.165, 1.54) is 11.0 Å². The number of ether oxygens (including phenoxy) is 2. The predicted octanol–water partition coefficient (Wildman–Crippen LogP) is 4.33. The van der Waals surface area contributed by atoms with Crippen LogP contribution < -0.4 is 14.8 Å². The van der Waals surface area contributed by atoms with E-state index in [1.807, 2.05) is 13.8 Å². The third-order valence-electron chi connectivity index (χ3n) is 5.33. The van der Waals surface area contributed by atoms with Gasteiger partial charge in [0.05, 0.1) is 13.7 Å². The maximum atomic E-state index is 14.2. The fraction of sp³-hybridized carbons (Fsp3) is 0.440. The van der Waals surface area contributed by atoms with E-state index in [1.54, 1.807) is 56.5 Å². The molecular formula is C25H33FN2O4. The van der Waals surface area contributed by atoms with E-state index in [9.17, 15) is 14.0 Å². The Labute approximate surface area is 189 Å². The molecule has 0 aromatic heterocycles. The number of hydrogen-bond acceptors (Lipinski definition) is 4. The summed E-state index contributed by atoms with van der Waals surface area (Å²) >= 11 is 0. The molecule has 0 unspecified atom stereocenters. The van der Waals surface area contributed by atoms with Gasteiger partial charge in [0.2, 0.25) is 11.8 Å². The van der Waals surface area contributed by atoms with Crippen molar-refractivity contribution in [1.29, 1.82) is 0 Å². The van der Waals surface area contributed by atoms with Gasteiger partial charge in [-0.05, 0) is 57.0 Å². The van der Waals surface area contributed by atoms with E-state index in [0.717, 1.165) is 12.2 Å². The Balaban J connectivity index is 2.00. The van der Waals surface area contributed by atoms with E-state index < -0.39 is 11.9 Å². The van der Waals surface area contributed by atoms with Crippen molar-refractivity contribution in [3.05, 3.63) is 59.9 Å². The van der Waals surface area contributed by atoms with Crippen LogP contribution in [0.2, 0.25) is 0 Å². The number of carbonyl (C=O) groups excluding carboxylic acids is 2. The number of nitrogens with one attached hydrogen (secondary N) is 1. The molecule has 7 heteroatoms. The second-order valence-electron chi connectivity index (χ2n) is 7.73. The Kier molecular flexibility index (Phi) is 9.98. The maximum absolute atomic E-state index is 14.2. The van der Waals surface area contributed by atoms with Gasteiger partial charge in [0.15, 0.2) is 0 Å². The normalized spacial score (nSPS) is 12.5. The minimum atomic E-state index is -0.724. The highest BCUT2D eigenvalue weighted by Crippen LogP contribution is 2.18. The van der Waals surface area contributed by atoms with Crippen molar-refractivity contribution >= 4 is 11.8 Å². The number of amides is 2. The molecule has 2 aromatic carbocycles. The lowest BCUT2D eigenvalue weighted by molar-refractivity contribution is -0.141. The molecule has 2 amide bonds. The van der Waals surface area contributed by atoms with Crippen molar-refractivity contribution in [2.24, 2.45) is 0 Å². The molecule has 2 rings (SSSR count). The number of halogens is 1. The first-order chi connectivity index (χ1) is 15.3. The van der Waals surface area contributed by atoms with Crippen molar-refractivity contribution in [1.82, 2.24) is 10.2 Å². The predicted molar refractivity (Wildman–Crippen MR) is 122 cm³/mol. The molecule has 0 bridgehead atoms. The molecule has 32 heavy (non-hydrogen) atoms. The van der Waals surface area contributed by atoms with Gasteiger partial charge < -0.3 is 19.7 Å². The van der Waals surface area contributed by atoms with Crippen LogP contribution in [0, 0.1) is 5.82 Å². The van der Waals surface area contributed by atoms with Crippen LogP contribution in [-0.2, 0) is 16.1 Å². The average molecular weight is 445 g/mol. The second kappa shape index (κ2) is 12.7. The van der Waals surface area contributed by atoms with Crippen LogP contribution >= 0.6 is 0 Å². The zero-order valence-electron chi connectivity index (χ0n) is 19.3. The summed E-state index contributed by atoms with van der Waals surface area (Å²) in [4.78, 5) is 27.1. The molecule has 0 radical (unpaired) electrons. The molecule has 0 heterocycles. The maximum Gasteiger partial charge on any atom is 0.242 e. The average Bonchev–Trinajstić information content (AvgIpc) is 2.80. The Morgan fingerprint density at radius 2 is 1.72 bits per heavy atom. The number of nitrogens with zero attached hydrogens (tertiary/aromatic N) is 1. The summed E-state index contributed by atoms with van der Waals surface area (Å²) in [6.07, 6.45) is 1.44. The summed E-state index contributed by atoms with van der Waals surface area (Å²) in [5, 5.41) is 2.90. The molecule has 0 fully saturated rings. The van der Waals surface area contributed by atoms with Crippen LogP contribution in [0.25, 0.3) is 0 Å². The molecule has 0 spiro atoms. The van der Waals surface area contributed by atoms with Gasteiger partial charge in [-0.2, -0.15) is 0 Å². The van der Waals surface area contributed by atoms with Gasteiger partial charge in [0.1, 0.15) is 23.4 Å². The summed E-state index contributed by atoms with van der Waals surface area (Å²) in [5.41, 5.74) is 0.374. The van der Waals surface area contributed by atoms with Crippen molar-refractivity contribution in [3.63, 3.8) is 0 Å². The molecule has 2 aromatic rings. The highest BCUT2D eigenvalue weighted by molar-refractivity contribution is 5.87. The molecule has 0 saturated heterocycles. The number of hydrogen-bond donors (Lipinski definition) is 1. The molecular weight excluding hydrogens is 411 g/mol. The standard InChI is InChI=1S/C25H33FN2O4/c1-5-18(2)27-25(30)19(3)28(17-20-9-6-7-10-23(20)26)24(29)11-8-16-32-22-14-12-21(31-4)13-15-22/h6-7,9-10,12-15,18-19H,5,8,11,16-17H2,1-4H3,(H,27,30)/t18-,19-/m0/s1. The molecule has 0 aliphatic rings. The smallest absolute Gasteiger partial charge is 0.242 e. The van der Waals surface area contributed by atoms with Crippen LogP contribution in [0.5, 0.6) is 11.5 Å². The molecule has 2 atom stereocenters. The number of methoxy groups -OCH3 is 1. The molecule has 0 saturated carbocycles. The third-order valence-corrected chi connectivity index (χ3v) is 5.33. The quantitative estimate of drug-likeness (QED) is 0.495. The Hall–Kier alpha value is -3.09. The van der Waals surface area contributed by atoms with Crippen molar-refractivity contribution in [2.45, 2.75) is 58.7 Å². The number of carbonyl (C=O) groups is 2. The molecule has 174 valence electrons. The molecule has 1 N–H and O–H groups in total. The summed E-state index contributed by atoms with van der Waals surface area (Å²) in [7, 11) is 1.60. The fourth-order valence-electron chi connectivity index (χ4n) is 3.09. The first kappa shape index (κ1) is 25.2. The van der Waals surface area contributed by atoms with Gasteiger partial charge in [-0.15, -0.1) is 0 Å². The van der Waals surface area contributed by atoms with Crippen LogP contribution in [0.3, 0.4) is 0 Å². The molecule has 6 nitrogen and oxygen atoms in total. The van der Waals surface area contributed by atoms with Crippen molar-refractivity contribution < 1.29 is 23.5 Å². The third kappa shape index (κ3) is 7.55. The zero-order valence-corrected chi connectivity index (χ0v) is 19.3. The summed E-state index contributed by atoms with van der Waals surface area (Å²) in [6, 6.07) is 12.8. The molecule has 0 aliphatic heterocycles. The summed E-state index contributed by atoms with van der Waals surface area (Å²) in [6.45, 7) is 5.92. The van der Waals surface area contributed by atoms with E-state index in [0.29, 0.717) is 24.3 Å². The highest BCUT2D eigenvalue weighted by atomic mass is 19.1. The largest absolute Gasteiger partial charge is 0.497 e. The Bertz CT molecular complexity index is 873. The van der Waals surface area contributed by atoms with Crippen molar-refractivity contribution in [2.75, 3.05) is 13.7 Å². The SMILES string of the molecule is CC[C@H](C)NC(=O)[C@H](C)N(Cc1ccccc1F)C(=O)CCCOc1ccc(OC)cc1. The minimum Gasteiger partial charge on any atom is -0.497 e. The lowest BCUT2D eigenvalue weighted by atomic mass is 10.1. The minimum absolute atomic E-state index is 0.00624. The zero-order chi connectivity index (χ0) is 23.5. The van der Waals surface area contributed by atoms with Gasteiger partial charge in [-0.3, -0.25) is 9.59 Å². The van der Waals surface area contributed by atoms with Gasteiger partial charge in [-0.25, -0.2) is 4.39 Å². The van der Waals surface area contributed by atoms with E-state index in [2.05, 4.69) is 5.32 Å². The first-order valence-corrected chi connectivity index (χ1v) is 11.0. The number of benzene rings is 2. The topological polar surface area (TPSA) is 67.9 Å². The highest BCUT2D eigenvalue weighted by Gasteiger charge is 2.27. The van der Waals surface area contributed by atoms with Gasteiger partial charge >= 0.3 is 0 Å². The van der Waals surface area contributed by atoms with Gasteiger partial charge in [-0.1, -0.05) is 25.1 Å². The van der Waals surface area contributed by atoms with Crippen LogP contribution in [0.15, 0.2) is 48.5 Å². The van der Waals surface area contributed by atoms with Gasteiger partial charge in [0.25, 0.3) is 0 Å². The number of rotatable bonds is 12. The Morgan fingerprint density at radius 1 is 1.06 bits per heavy atom. The summed E-state index contributed by atoms with van der Waals surface area (Å²) < 4.78 is 25.0. The molecule has 0 aliphatic carbocycles. The first-order valence-electron chi connectivity index (χ1n) is 11.0. The van der Waals surface area contributed by atoms with E-state index in [4.69, 9.17) is 9.47 Å². The van der Waals surface area contributed by atoms with E-state index >= 15 is 0 Å². The summed E-state index contributed by atoms with van der Waals surface area (Å²) in [5.74, 6) is 0.545. The Morgan fingerprint density at radius 3 is 2.34 bits per heavy atom. The van der Waals surface area contributed by atoms with Crippen LogP contribution in [0.4, 0.5) is 4.39 Å².